The van der Waals surface area contributed by atoms with Crippen LogP contribution in [0.15, 0.2) is 18.2 Å². The number of benzene rings is 1. The van der Waals surface area contributed by atoms with Gasteiger partial charge >= 0.3 is 0 Å². The first kappa shape index (κ1) is 9.90. The van der Waals surface area contributed by atoms with Gasteiger partial charge in [-0.25, -0.2) is 0 Å². The zero-order chi connectivity index (χ0) is 9.84. The Bertz CT molecular complexity index is 283. The molecule has 0 radical (unpaired) electrons. The van der Waals surface area contributed by atoms with E-state index in [1.165, 1.54) is 0 Å². The molecule has 1 atom stereocenters. The van der Waals surface area contributed by atoms with Crippen molar-refractivity contribution in [2.75, 3.05) is 12.4 Å². The first-order valence-electron chi connectivity index (χ1n) is 4.70. The molecule has 0 aliphatic rings. The minimum absolute atomic E-state index is 0.390. The lowest BCUT2D eigenvalue weighted by Gasteiger charge is -2.15. The van der Waals surface area contributed by atoms with E-state index >= 15 is 0 Å². The molecule has 0 bridgehead atoms. The molecule has 0 saturated heterocycles. The molecule has 2 heteroatoms. The van der Waals surface area contributed by atoms with Gasteiger partial charge in [-0.3, -0.25) is 0 Å². The Morgan fingerprint density at radius 2 is 2.15 bits per heavy atom. The fraction of sp³-hybridized carbons (Fsp3) is 0.455. The van der Waals surface area contributed by atoms with Crippen molar-refractivity contribution in [3.63, 3.8) is 0 Å². The quantitative estimate of drug-likeness (QED) is 0.747. The number of nitrogens with one attached hydrogen (secondary N) is 1. The summed E-state index contributed by atoms with van der Waals surface area (Å²) in [5.41, 5.74) is 2.04. The number of hydrogen-bond donors (Lipinski definition) is 2. The maximum Gasteiger partial charge on any atom is 0.121 e. The van der Waals surface area contributed by atoms with Gasteiger partial charge in [0.2, 0.25) is 0 Å². The predicted molar refractivity (Wildman–Crippen MR) is 56.4 cm³/mol. The molecule has 2 nitrogen and oxygen atoms in total. The number of phenolic OH excluding ortho intramolecular Hbond substituents is 1. The van der Waals surface area contributed by atoms with E-state index in [0.29, 0.717) is 11.7 Å². The van der Waals surface area contributed by atoms with Gasteiger partial charge in [0.05, 0.1) is 0 Å². The van der Waals surface area contributed by atoms with E-state index in [0.717, 1.165) is 17.7 Å². The van der Waals surface area contributed by atoms with Gasteiger partial charge in [-0.05, 0) is 24.5 Å². The summed E-state index contributed by atoms with van der Waals surface area (Å²) < 4.78 is 0. The summed E-state index contributed by atoms with van der Waals surface area (Å²) in [5, 5.41) is 12.8. The first-order valence-corrected chi connectivity index (χ1v) is 4.70. The van der Waals surface area contributed by atoms with Gasteiger partial charge in [-0.15, -0.1) is 0 Å². The lowest BCUT2D eigenvalue weighted by molar-refractivity contribution is 0.462. The molecule has 0 saturated carbocycles. The lowest BCUT2D eigenvalue weighted by atomic mass is 9.96. The molecule has 1 aromatic rings. The average molecular weight is 179 g/mol. The Morgan fingerprint density at radius 1 is 1.46 bits per heavy atom. The van der Waals surface area contributed by atoms with Crippen LogP contribution in [-0.2, 0) is 0 Å². The molecular formula is C11H17NO. The highest BCUT2D eigenvalue weighted by molar-refractivity contribution is 5.58. The van der Waals surface area contributed by atoms with Crippen molar-refractivity contribution in [1.82, 2.24) is 0 Å². The first-order chi connectivity index (χ1) is 6.20. The van der Waals surface area contributed by atoms with Gasteiger partial charge in [0, 0.05) is 18.3 Å². The van der Waals surface area contributed by atoms with E-state index in [1.54, 1.807) is 6.07 Å². The van der Waals surface area contributed by atoms with Gasteiger partial charge in [-0.1, -0.05) is 19.9 Å². The minimum atomic E-state index is 0.390. The van der Waals surface area contributed by atoms with E-state index in [4.69, 9.17) is 0 Å². The van der Waals surface area contributed by atoms with Gasteiger partial charge in [0.25, 0.3) is 0 Å². The second-order valence-corrected chi connectivity index (χ2v) is 3.30. The van der Waals surface area contributed by atoms with Crippen LogP contribution in [0.3, 0.4) is 0 Å². The van der Waals surface area contributed by atoms with Crippen molar-refractivity contribution < 1.29 is 5.11 Å². The molecule has 2 N–H and O–H groups in total. The van der Waals surface area contributed by atoms with E-state index < -0.39 is 0 Å². The molecule has 0 heterocycles. The minimum Gasteiger partial charge on any atom is -0.508 e. The van der Waals surface area contributed by atoms with Gasteiger partial charge in [0.1, 0.15) is 5.75 Å². The maximum absolute atomic E-state index is 9.68. The highest BCUT2D eigenvalue weighted by atomic mass is 16.3. The van der Waals surface area contributed by atoms with Gasteiger partial charge < -0.3 is 10.4 Å². The van der Waals surface area contributed by atoms with Crippen LogP contribution < -0.4 is 5.32 Å². The van der Waals surface area contributed by atoms with Crippen molar-refractivity contribution in [2.24, 2.45) is 0 Å². The summed E-state index contributed by atoms with van der Waals surface area (Å²) >= 11 is 0. The number of phenols is 1. The van der Waals surface area contributed by atoms with Crippen LogP contribution in [0.1, 0.15) is 31.7 Å². The van der Waals surface area contributed by atoms with Crippen LogP contribution >= 0.6 is 0 Å². The molecule has 0 spiro atoms. The van der Waals surface area contributed by atoms with Crippen LogP contribution in [0.25, 0.3) is 0 Å². The summed E-state index contributed by atoms with van der Waals surface area (Å²) in [6, 6.07) is 5.58. The van der Waals surface area contributed by atoms with Crippen LogP contribution in [0, 0.1) is 0 Å². The summed E-state index contributed by atoms with van der Waals surface area (Å²) in [7, 11) is 1.88. The molecule has 0 aromatic heterocycles. The largest absolute Gasteiger partial charge is 0.508 e. The third-order valence-electron chi connectivity index (χ3n) is 2.46. The fourth-order valence-corrected chi connectivity index (χ4v) is 1.49. The SMILES string of the molecule is CCC(C)c1c(O)cccc1NC. The highest BCUT2D eigenvalue weighted by Gasteiger charge is 2.12. The molecule has 0 fully saturated rings. The molecule has 0 amide bonds. The number of hydrogen-bond acceptors (Lipinski definition) is 2. The van der Waals surface area contributed by atoms with Crippen molar-refractivity contribution in [1.29, 1.82) is 0 Å². The summed E-state index contributed by atoms with van der Waals surface area (Å²) in [4.78, 5) is 0. The topological polar surface area (TPSA) is 32.3 Å². The molecule has 0 aliphatic carbocycles. The number of anilines is 1. The van der Waals surface area contributed by atoms with Crippen molar-refractivity contribution in [3.05, 3.63) is 23.8 Å². The Kier molecular flexibility index (Phi) is 3.18. The maximum atomic E-state index is 9.68. The van der Waals surface area contributed by atoms with Crippen LogP contribution in [-0.4, -0.2) is 12.2 Å². The zero-order valence-corrected chi connectivity index (χ0v) is 8.46. The van der Waals surface area contributed by atoms with Gasteiger partial charge in [0.15, 0.2) is 0 Å². The molecular weight excluding hydrogens is 162 g/mol. The second kappa shape index (κ2) is 4.17. The normalized spacial score (nSPS) is 12.5. The molecule has 1 aromatic carbocycles. The Balaban J connectivity index is 3.14. The molecule has 1 rings (SSSR count). The van der Waals surface area contributed by atoms with E-state index in [2.05, 4.69) is 19.2 Å². The van der Waals surface area contributed by atoms with E-state index in [1.807, 2.05) is 19.2 Å². The predicted octanol–water partition coefficient (Wildman–Crippen LogP) is 2.95. The molecule has 72 valence electrons. The molecule has 1 unspecified atom stereocenters. The highest BCUT2D eigenvalue weighted by Crippen LogP contribution is 2.33. The molecule has 13 heavy (non-hydrogen) atoms. The smallest absolute Gasteiger partial charge is 0.121 e. The Labute approximate surface area is 79.6 Å². The van der Waals surface area contributed by atoms with Crippen LogP contribution in [0.5, 0.6) is 5.75 Å². The molecule has 0 aliphatic heterocycles. The summed E-state index contributed by atoms with van der Waals surface area (Å²) in [6.45, 7) is 4.24. The third-order valence-corrected chi connectivity index (χ3v) is 2.46. The second-order valence-electron chi connectivity index (χ2n) is 3.30. The Hall–Kier alpha value is -1.18. The number of aromatic hydroxyl groups is 1. The Morgan fingerprint density at radius 3 is 2.69 bits per heavy atom. The van der Waals surface area contributed by atoms with Crippen LogP contribution in [0.2, 0.25) is 0 Å². The van der Waals surface area contributed by atoms with Crippen LogP contribution in [0.4, 0.5) is 5.69 Å². The van der Waals surface area contributed by atoms with E-state index in [-0.39, 0.29) is 0 Å². The van der Waals surface area contributed by atoms with Crippen molar-refractivity contribution >= 4 is 5.69 Å². The summed E-state index contributed by atoms with van der Waals surface area (Å²) in [6.07, 6.45) is 1.03. The zero-order valence-electron chi connectivity index (χ0n) is 8.46. The van der Waals surface area contributed by atoms with E-state index in [9.17, 15) is 5.11 Å². The average Bonchev–Trinajstić information content (AvgIpc) is 2.16. The fourth-order valence-electron chi connectivity index (χ4n) is 1.49. The monoisotopic (exact) mass is 179 g/mol. The van der Waals surface area contributed by atoms with Crippen molar-refractivity contribution in [3.8, 4) is 5.75 Å². The third kappa shape index (κ3) is 1.94. The standard InChI is InChI=1S/C11H17NO/c1-4-8(2)11-9(12-3)6-5-7-10(11)13/h5-8,12-13H,4H2,1-3H3. The lowest BCUT2D eigenvalue weighted by Crippen LogP contribution is -1.99. The van der Waals surface area contributed by atoms with Crippen molar-refractivity contribution in [2.45, 2.75) is 26.2 Å². The summed E-state index contributed by atoms with van der Waals surface area (Å²) in [5.74, 6) is 0.782. The van der Waals surface area contributed by atoms with Gasteiger partial charge in [-0.2, -0.15) is 0 Å². The number of rotatable bonds is 3.